The Morgan fingerprint density at radius 3 is 2.25 bits per heavy atom. The number of nitrogens with zero attached hydrogens (tertiary/aromatic N) is 2. The quantitative estimate of drug-likeness (QED) is 0.275. The van der Waals surface area contributed by atoms with Crippen molar-refractivity contribution in [1.29, 1.82) is 0 Å². The van der Waals surface area contributed by atoms with Gasteiger partial charge in [-0.05, 0) is 61.7 Å². The number of anilines is 1. The number of nitrogens with one attached hydrogen (secondary N) is 1. The highest BCUT2D eigenvalue weighted by Gasteiger charge is 2.34. The Kier molecular flexibility index (Phi) is 11.0. The topological polar surface area (TPSA) is 86.8 Å². The zero-order valence-corrected chi connectivity index (χ0v) is 24.9. The fraction of sp³-hybridized carbons (Fsp3) is 0.310. The summed E-state index contributed by atoms with van der Waals surface area (Å²) in [6.45, 7) is 5.09. The maximum Gasteiger partial charge on any atom is 0.264 e. The molecule has 1 unspecified atom stereocenters. The van der Waals surface area contributed by atoms with Gasteiger partial charge in [-0.3, -0.25) is 13.9 Å². The van der Waals surface area contributed by atoms with E-state index in [2.05, 4.69) is 5.32 Å². The lowest BCUT2D eigenvalue weighted by Gasteiger charge is -2.33. The first kappa shape index (κ1) is 31.4. The molecule has 0 radical (unpaired) electrons. The van der Waals surface area contributed by atoms with Crippen LogP contribution in [0.25, 0.3) is 0 Å². The molecular formula is C29H32Cl2FN3O4S. The third-order valence-corrected chi connectivity index (χ3v) is 8.79. The maximum absolute atomic E-state index is 15.0. The van der Waals surface area contributed by atoms with Gasteiger partial charge in [-0.25, -0.2) is 12.8 Å². The Labute approximate surface area is 244 Å². The summed E-state index contributed by atoms with van der Waals surface area (Å²) in [4.78, 5) is 28.3. The van der Waals surface area contributed by atoms with Crippen LogP contribution in [0.3, 0.4) is 0 Å². The van der Waals surface area contributed by atoms with E-state index in [0.717, 1.165) is 15.9 Å². The third kappa shape index (κ3) is 7.53. The Bertz CT molecular complexity index is 1450. The number of sulfonamides is 1. The molecule has 3 aromatic rings. The van der Waals surface area contributed by atoms with Crippen LogP contribution in [0, 0.1) is 12.7 Å². The molecule has 0 heterocycles. The molecule has 0 aliphatic heterocycles. The van der Waals surface area contributed by atoms with Crippen molar-refractivity contribution < 1.29 is 22.4 Å². The van der Waals surface area contributed by atoms with Crippen LogP contribution in [0.4, 0.5) is 10.1 Å². The Hall–Kier alpha value is -3.14. The summed E-state index contributed by atoms with van der Waals surface area (Å²) in [5, 5.41) is 3.40. The number of aryl methyl sites for hydroxylation is 1. The highest BCUT2D eigenvalue weighted by Crippen LogP contribution is 2.28. The van der Waals surface area contributed by atoms with E-state index in [-0.39, 0.29) is 34.5 Å². The van der Waals surface area contributed by atoms with Crippen molar-refractivity contribution >= 4 is 50.7 Å². The van der Waals surface area contributed by atoms with Gasteiger partial charge in [0.2, 0.25) is 11.8 Å². The molecule has 11 heteroatoms. The summed E-state index contributed by atoms with van der Waals surface area (Å²) < 4.78 is 43.3. The number of carbonyl (C=O) groups excluding carboxylic acids is 2. The molecule has 0 bridgehead atoms. The maximum atomic E-state index is 15.0. The minimum Gasteiger partial charge on any atom is -0.354 e. The average molecular weight is 609 g/mol. The highest BCUT2D eigenvalue weighted by atomic mass is 35.5. The van der Waals surface area contributed by atoms with E-state index in [1.54, 1.807) is 37.3 Å². The van der Waals surface area contributed by atoms with Crippen molar-refractivity contribution in [1.82, 2.24) is 10.2 Å². The normalized spacial score (nSPS) is 12.1. The van der Waals surface area contributed by atoms with E-state index in [4.69, 9.17) is 23.2 Å². The van der Waals surface area contributed by atoms with Crippen LogP contribution in [-0.2, 0) is 26.2 Å². The molecule has 0 saturated heterocycles. The highest BCUT2D eigenvalue weighted by molar-refractivity contribution is 7.92. The van der Waals surface area contributed by atoms with Crippen LogP contribution < -0.4 is 9.62 Å². The molecule has 0 fully saturated rings. The second-order valence-electron chi connectivity index (χ2n) is 9.26. The average Bonchev–Trinajstić information content (AvgIpc) is 2.93. The number of para-hydroxylation sites is 1. The van der Waals surface area contributed by atoms with E-state index in [0.29, 0.717) is 23.6 Å². The second kappa shape index (κ2) is 14.0. The fourth-order valence-corrected chi connectivity index (χ4v) is 5.87. The van der Waals surface area contributed by atoms with Crippen molar-refractivity contribution in [3.8, 4) is 0 Å². The number of rotatable bonds is 12. The van der Waals surface area contributed by atoms with Crippen LogP contribution in [0.2, 0.25) is 10.0 Å². The summed E-state index contributed by atoms with van der Waals surface area (Å²) >= 11 is 12.3. The molecule has 0 aliphatic carbocycles. The Morgan fingerprint density at radius 2 is 1.65 bits per heavy atom. The van der Waals surface area contributed by atoms with Crippen LogP contribution in [0.15, 0.2) is 71.6 Å². The summed E-state index contributed by atoms with van der Waals surface area (Å²) in [6, 6.07) is 15.3. The fourth-order valence-electron chi connectivity index (χ4n) is 4.12. The molecule has 0 aromatic heterocycles. The van der Waals surface area contributed by atoms with Gasteiger partial charge in [0.15, 0.2) is 0 Å². The van der Waals surface area contributed by atoms with E-state index < -0.39 is 34.3 Å². The van der Waals surface area contributed by atoms with Gasteiger partial charge in [-0.1, -0.05) is 72.9 Å². The van der Waals surface area contributed by atoms with Crippen LogP contribution in [0.5, 0.6) is 0 Å². The summed E-state index contributed by atoms with van der Waals surface area (Å²) in [5.41, 5.74) is 1.14. The minimum absolute atomic E-state index is 0.0521. The zero-order valence-electron chi connectivity index (χ0n) is 22.5. The second-order valence-corrected chi connectivity index (χ2v) is 11.9. The molecule has 2 amide bonds. The van der Waals surface area contributed by atoms with E-state index in [1.165, 1.54) is 35.2 Å². The Balaban J connectivity index is 2.07. The molecule has 0 aliphatic rings. The van der Waals surface area contributed by atoms with Crippen LogP contribution in [-0.4, -0.2) is 44.3 Å². The predicted octanol–water partition coefficient (Wildman–Crippen LogP) is 5.97. The molecule has 40 heavy (non-hydrogen) atoms. The van der Waals surface area contributed by atoms with Crippen molar-refractivity contribution in [3.05, 3.63) is 93.7 Å². The molecule has 3 aromatic carbocycles. The largest absolute Gasteiger partial charge is 0.354 e. The molecule has 1 atom stereocenters. The summed E-state index contributed by atoms with van der Waals surface area (Å²) in [5.74, 6) is -1.88. The lowest BCUT2D eigenvalue weighted by atomic mass is 10.1. The summed E-state index contributed by atoms with van der Waals surface area (Å²) in [7, 11) is -4.37. The molecule has 214 valence electrons. The van der Waals surface area contributed by atoms with E-state index in [9.17, 15) is 18.0 Å². The lowest BCUT2D eigenvalue weighted by Crippen LogP contribution is -2.52. The molecular weight excluding hydrogens is 576 g/mol. The van der Waals surface area contributed by atoms with E-state index >= 15 is 4.39 Å². The molecule has 0 spiro atoms. The van der Waals surface area contributed by atoms with Gasteiger partial charge in [0.1, 0.15) is 18.4 Å². The Morgan fingerprint density at radius 1 is 0.975 bits per heavy atom. The minimum atomic E-state index is -4.37. The number of halogens is 3. The van der Waals surface area contributed by atoms with E-state index in [1.807, 2.05) is 13.8 Å². The van der Waals surface area contributed by atoms with Gasteiger partial charge in [-0.2, -0.15) is 0 Å². The summed E-state index contributed by atoms with van der Waals surface area (Å²) in [6.07, 6.45) is 0.950. The monoisotopic (exact) mass is 607 g/mol. The molecule has 1 N–H and O–H groups in total. The van der Waals surface area contributed by atoms with Crippen molar-refractivity contribution in [2.24, 2.45) is 0 Å². The van der Waals surface area contributed by atoms with Gasteiger partial charge < -0.3 is 10.2 Å². The number of hydrogen-bond donors (Lipinski definition) is 1. The van der Waals surface area contributed by atoms with Gasteiger partial charge in [0, 0.05) is 13.1 Å². The first-order valence-corrected chi connectivity index (χ1v) is 15.0. The zero-order chi connectivity index (χ0) is 29.4. The smallest absolute Gasteiger partial charge is 0.264 e. The van der Waals surface area contributed by atoms with Gasteiger partial charge in [0.05, 0.1) is 20.6 Å². The number of amides is 2. The molecule has 3 rings (SSSR count). The van der Waals surface area contributed by atoms with Gasteiger partial charge >= 0.3 is 0 Å². The lowest BCUT2D eigenvalue weighted by molar-refractivity contribution is -0.140. The van der Waals surface area contributed by atoms with Crippen molar-refractivity contribution in [2.45, 2.75) is 51.1 Å². The van der Waals surface area contributed by atoms with Crippen LogP contribution >= 0.6 is 23.2 Å². The SMILES string of the molecule is CCCNC(=O)C(CC)N(Cc1ccc(Cl)c(Cl)c1)C(=O)CN(c1ccccc1F)S(=O)(=O)c1ccc(C)cc1. The first-order valence-electron chi connectivity index (χ1n) is 12.8. The number of carbonyl (C=O) groups is 2. The number of benzene rings is 3. The van der Waals surface area contributed by atoms with Crippen LogP contribution in [0.1, 0.15) is 37.8 Å². The van der Waals surface area contributed by atoms with Crippen molar-refractivity contribution in [2.75, 3.05) is 17.4 Å². The molecule has 7 nitrogen and oxygen atoms in total. The first-order chi connectivity index (χ1) is 19.0. The standard InChI is InChI=1S/C29H32Cl2FN3O4S/c1-4-16-33-29(37)26(5-2)34(18-21-12-15-23(30)24(31)17-21)28(36)19-35(27-9-7-6-8-25(27)32)40(38,39)22-13-10-20(3)11-14-22/h6-15,17,26H,4-5,16,18-19H2,1-3H3,(H,33,37). The van der Waals surface area contributed by atoms with Gasteiger partial charge in [0.25, 0.3) is 10.0 Å². The number of hydrogen-bond acceptors (Lipinski definition) is 4. The third-order valence-electron chi connectivity index (χ3n) is 6.28. The molecule has 0 saturated carbocycles. The predicted molar refractivity (Wildman–Crippen MR) is 157 cm³/mol. The van der Waals surface area contributed by atoms with Gasteiger partial charge in [-0.15, -0.1) is 0 Å². The van der Waals surface area contributed by atoms with Crippen molar-refractivity contribution in [3.63, 3.8) is 0 Å².